The molecule has 0 unspecified atom stereocenters. The molecule has 16 rings (SSSR count). The van der Waals surface area contributed by atoms with Crippen molar-refractivity contribution in [2.24, 2.45) is 0 Å². The summed E-state index contributed by atoms with van der Waals surface area (Å²) in [6, 6.07) is 104. The smallest absolute Gasteiger partial charge is 0.00203 e. The van der Waals surface area contributed by atoms with Gasteiger partial charge in [-0.1, -0.05) is 267 Å². The van der Waals surface area contributed by atoms with Crippen molar-refractivity contribution in [2.45, 2.75) is 0 Å². The van der Waals surface area contributed by atoms with E-state index in [9.17, 15) is 0 Å². The third kappa shape index (κ3) is 6.71. The summed E-state index contributed by atoms with van der Waals surface area (Å²) in [7, 11) is 0. The highest BCUT2D eigenvalue weighted by atomic mass is 14.2. The molecule has 350 valence electrons. The van der Waals surface area contributed by atoms with E-state index in [0.717, 1.165) is 0 Å². The Hall–Kier alpha value is -9.88. The third-order valence-electron chi connectivity index (χ3n) is 16.6. The van der Waals surface area contributed by atoms with Gasteiger partial charge in [0.2, 0.25) is 0 Å². The van der Waals surface area contributed by atoms with Crippen LogP contribution in [0.1, 0.15) is 0 Å². The second kappa shape index (κ2) is 16.8. The van der Waals surface area contributed by atoms with Gasteiger partial charge < -0.3 is 0 Å². The zero-order valence-electron chi connectivity index (χ0n) is 41.6. The highest BCUT2D eigenvalue weighted by Gasteiger charge is 2.18. The molecule has 0 atom stereocenters. The van der Waals surface area contributed by atoms with Crippen LogP contribution in [0.4, 0.5) is 0 Å². The first-order valence-electron chi connectivity index (χ1n) is 26.5. The largest absolute Gasteiger partial charge is 0.0616 e. The van der Waals surface area contributed by atoms with Gasteiger partial charge in [-0.2, -0.15) is 0 Å². The Morgan fingerprint density at radius 1 is 0.132 bits per heavy atom. The van der Waals surface area contributed by atoms with Crippen molar-refractivity contribution in [1.82, 2.24) is 0 Å². The van der Waals surface area contributed by atoms with Crippen LogP contribution >= 0.6 is 0 Å². The molecule has 16 aromatic rings. The predicted molar refractivity (Wildman–Crippen MR) is 327 cm³/mol. The fourth-order valence-electron chi connectivity index (χ4n) is 12.8. The molecular weight excluding hydrogens is 913 g/mol. The minimum atomic E-state index is 1.20. The van der Waals surface area contributed by atoms with E-state index < -0.39 is 0 Å². The molecule has 0 heteroatoms. The van der Waals surface area contributed by atoms with Gasteiger partial charge in [0.15, 0.2) is 0 Å². The van der Waals surface area contributed by atoms with Gasteiger partial charge in [-0.3, -0.25) is 0 Å². The van der Waals surface area contributed by atoms with E-state index in [2.05, 4.69) is 279 Å². The summed E-state index contributed by atoms with van der Waals surface area (Å²) in [6.45, 7) is 0. The van der Waals surface area contributed by atoms with E-state index in [1.807, 2.05) is 0 Å². The molecule has 0 fully saturated rings. The molecule has 76 heavy (non-hydrogen) atoms. The standard InChI is InChI=1S/C76H46/c1-2-9-59-46-62(28-19-47(59)7-1)68-40-32-58-35-43-70-66(38-30-57-36-44-72(68)76(58)75(57)70)53-22-17-49(18-23-53)61-12-5-11-60(45-61)48-15-20-52(21-16-48)65-37-29-55-34-42-71-67(39-31-56-33-41-69(65)73(55)74(56)71)54-26-24-51(25-27-54)64-14-6-10-50-8-3-4-13-63(50)64/h1-46H. The van der Waals surface area contributed by atoms with Crippen molar-refractivity contribution in [3.8, 4) is 77.9 Å². The molecule has 0 N–H and O–H groups in total. The van der Waals surface area contributed by atoms with Crippen molar-refractivity contribution >= 4 is 86.2 Å². The minimum Gasteiger partial charge on any atom is -0.0616 e. The molecule has 0 bridgehead atoms. The second-order valence-corrected chi connectivity index (χ2v) is 20.7. The van der Waals surface area contributed by atoms with Crippen molar-refractivity contribution in [1.29, 1.82) is 0 Å². The molecule has 0 amide bonds. The van der Waals surface area contributed by atoms with Crippen LogP contribution in [0.2, 0.25) is 0 Å². The first kappa shape index (κ1) is 42.6. The summed E-state index contributed by atoms with van der Waals surface area (Å²) < 4.78 is 0. The molecule has 0 aliphatic heterocycles. The van der Waals surface area contributed by atoms with Crippen LogP contribution in [0.5, 0.6) is 0 Å². The lowest BCUT2D eigenvalue weighted by Crippen LogP contribution is -1.90. The Bertz CT molecular complexity index is 4940. The summed E-state index contributed by atoms with van der Waals surface area (Å²) >= 11 is 0. The lowest BCUT2D eigenvalue weighted by Gasteiger charge is -2.17. The monoisotopic (exact) mass is 958 g/mol. The zero-order valence-corrected chi connectivity index (χ0v) is 41.6. The summed E-state index contributed by atoms with van der Waals surface area (Å²) in [5.74, 6) is 0. The Morgan fingerprint density at radius 2 is 0.447 bits per heavy atom. The first-order chi connectivity index (χ1) is 37.6. The van der Waals surface area contributed by atoms with Crippen LogP contribution in [-0.2, 0) is 0 Å². The van der Waals surface area contributed by atoms with E-state index in [1.54, 1.807) is 0 Å². The highest BCUT2D eigenvalue weighted by molar-refractivity contribution is 6.29. The molecule has 0 saturated carbocycles. The topological polar surface area (TPSA) is 0 Å². The summed E-state index contributed by atoms with van der Waals surface area (Å²) in [4.78, 5) is 0. The van der Waals surface area contributed by atoms with Gasteiger partial charge in [0.25, 0.3) is 0 Å². The first-order valence-corrected chi connectivity index (χ1v) is 26.5. The van der Waals surface area contributed by atoms with Crippen LogP contribution in [0, 0.1) is 0 Å². The normalized spacial score (nSPS) is 11.9. The molecule has 16 aromatic carbocycles. The summed E-state index contributed by atoms with van der Waals surface area (Å²) in [5.41, 5.74) is 17.3. The molecule has 0 heterocycles. The van der Waals surface area contributed by atoms with Crippen molar-refractivity contribution in [2.75, 3.05) is 0 Å². The number of hydrogen-bond acceptors (Lipinski definition) is 0. The van der Waals surface area contributed by atoms with Gasteiger partial charge in [0, 0.05) is 0 Å². The predicted octanol–water partition coefficient (Wildman–Crippen LogP) is 21.5. The molecule has 0 nitrogen and oxygen atoms in total. The van der Waals surface area contributed by atoms with Crippen LogP contribution < -0.4 is 0 Å². The van der Waals surface area contributed by atoms with Crippen LogP contribution in [0.3, 0.4) is 0 Å². The summed E-state index contributed by atoms with van der Waals surface area (Å²) in [6.07, 6.45) is 0. The number of fused-ring (bicyclic) bond motifs is 2. The Balaban J connectivity index is 0.695. The maximum atomic E-state index is 2.33. The van der Waals surface area contributed by atoms with Gasteiger partial charge in [-0.25, -0.2) is 0 Å². The maximum Gasteiger partial charge on any atom is -0.00203 e. The van der Waals surface area contributed by atoms with Gasteiger partial charge in [0.1, 0.15) is 0 Å². The molecule has 0 saturated heterocycles. The van der Waals surface area contributed by atoms with Crippen LogP contribution in [-0.4, -0.2) is 0 Å². The van der Waals surface area contributed by atoms with E-state index in [1.165, 1.54) is 164 Å². The van der Waals surface area contributed by atoms with E-state index in [-0.39, 0.29) is 0 Å². The van der Waals surface area contributed by atoms with Gasteiger partial charge in [-0.15, -0.1) is 0 Å². The third-order valence-corrected chi connectivity index (χ3v) is 16.6. The number of benzene rings is 16. The molecule has 0 aliphatic carbocycles. The van der Waals surface area contributed by atoms with Crippen molar-refractivity contribution in [3.63, 3.8) is 0 Å². The van der Waals surface area contributed by atoms with Gasteiger partial charge in [-0.05, 0) is 176 Å². The number of hydrogen-bond donors (Lipinski definition) is 0. The van der Waals surface area contributed by atoms with Crippen molar-refractivity contribution in [3.05, 3.63) is 279 Å². The minimum absolute atomic E-state index is 1.20. The fraction of sp³-hybridized carbons (Fsp3) is 0. The van der Waals surface area contributed by atoms with Crippen LogP contribution in [0.15, 0.2) is 279 Å². The second-order valence-electron chi connectivity index (χ2n) is 20.7. The fourth-order valence-corrected chi connectivity index (χ4v) is 12.8. The molecule has 0 aromatic heterocycles. The zero-order chi connectivity index (χ0) is 49.8. The van der Waals surface area contributed by atoms with Crippen LogP contribution in [0.25, 0.3) is 164 Å². The summed E-state index contributed by atoms with van der Waals surface area (Å²) in [5, 5.41) is 20.6. The Morgan fingerprint density at radius 3 is 0.908 bits per heavy atom. The maximum absolute atomic E-state index is 2.33. The molecule has 0 aliphatic rings. The lowest BCUT2D eigenvalue weighted by atomic mass is 9.86. The van der Waals surface area contributed by atoms with E-state index >= 15 is 0 Å². The highest BCUT2D eigenvalue weighted by Crippen LogP contribution is 2.45. The van der Waals surface area contributed by atoms with Crippen molar-refractivity contribution < 1.29 is 0 Å². The van der Waals surface area contributed by atoms with E-state index in [4.69, 9.17) is 0 Å². The molecular formula is C76H46. The average molecular weight is 959 g/mol. The molecule has 0 spiro atoms. The SMILES string of the molecule is c1cc(-c2ccc(-c3ccc4ccc5c(-c6ccc(-c7cccc8ccccc78)cc6)ccc6ccc3c4c65)cc2)cc(-c2ccc(-c3ccc4ccc5c(-c6ccc7ccccc7c6)ccc6ccc3c4c65)cc2)c1. The Kier molecular flexibility index (Phi) is 9.44. The lowest BCUT2D eigenvalue weighted by molar-refractivity contribution is 1.58. The molecule has 0 radical (unpaired) electrons. The Labute approximate surface area is 440 Å². The number of rotatable bonds is 7. The average Bonchev–Trinajstić information content (AvgIpc) is 3.56. The quantitative estimate of drug-likeness (QED) is 0.140. The van der Waals surface area contributed by atoms with Gasteiger partial charge >= 0.3 is 0 Å². The van der Waals surface area contributed by atoms with E-state index in [0.29, 0.717) is 0 Å². The van der Waals surface area contributed by atoms with Gasteiger partial charge in [0.05, 0.1) is 0 Å².